The minimum atomic E-state index is 0.0502. The first-order valence-electron chi connectivity index (χ1n) is 5.69. The van der Waals surface area contributed by atoms with Crippen molar-refractivity contribution < 1.29 is 4.79 Å². The number of carbonyl (C=O) groups excluding carboxylic acids is 1. The van der Waals surface area contributed by atoms with Crippen LogP contribution in [0.3, 0.4) is 0 Å². The summed E-state index contributed by atoms with van der Waals surface area (Å²) in [6.07, 6.45) is 3.11. The van der Waals surface area contributed by atoms with E-state index in [1.54, 1.807) is 6.20 Å². The summed E-state index contributed by atoms with van der Waals surface area (Å²) in [4.78, 5) is 11.5. The molecule has 0 aliphatic rings. The van der Waals surface area contributed by atoms with Gasteiger partial charge in [0.05, 0.1) is 5.69 Å². The van der Waals surface area contributed by atoms with Crippen LogP contribution in [0, 0.1) is 0 Å². The molecule has 4 nitrogen and oxygen atoms in total. The van der Waals surface area contributed by atoms with Gasteiger partial charge in [-0.2, -0.15) is 5.10 Å². The van der Waals surface area contributed by atoms with Crippen LogP contribution in [-0.4, -0.2) is 16.1 Å². The summed E-state index contributed by atoms with van der Waals surface area (Å²) >= 11 is 0. The molecule has 0 fully saturated rings. The van der Waals surface area contributed by atoms with Crippen molar-refractivity contribution in [2.24, 2.45) is 0 Å². The Kier molecular flexibility index (Phi) is 3.55. The number of aromatic nitrogens is 2. The molecule has 0 aliphatic heterocycles. The van der Waals surface area contributed by atoms with Gasteiger partial charge in [0.25, 0.3) is 0 Å². The summed E-state index contributed by atoms with van der Waals surface area (Å²) in [5.74, 6) is 0.0502. The zero-order valence-electron chi connectivity index (χ0n) is 9.73. The molecule has 0 spiro atoms. The highest BCUT2D eigenvalue weighted by Gasteiger charge is 2.03. The first-order valence-corrected chi connectivity index (χ1v) is 5.69. The van der Waals surface area contributed by atoms with Crippen molar-refractivity contribution in [3.8, 4) is 11.3 Å². The van der Waals surface area contributed by atoms with Gasteiger partial charge in [-0.25, -0.2) is 0 Å². The molecule has 0 bridgehead atoms. The molecule has 0 aliphatic carbocycles. The largest absolute Gasteiger partial charge is 0.326 e. The lowest BCUT2D eigenvalue weighted by molar-refractivity contribution is -0.116. The summed E-state index contributed by atoms with van der Waals surface area (Å²) in [7, 11) is 0. The topological polar surface area (TPSA) is 57.8 Å². The van der Waals surface area contributed by atoms with E-state index in [9.17, 15) is 4.79 Å². The van der Waals surface area contributed by atoms with E-state index in [-0.39, 0.29) is 5.91 Å². The molecule has 0 saturated carbocycles. The number of nitrogens with one attached hydrogen (secondary N) is 2. The Morgan fingerprint density at radius 3 is 3.00 bits per heavy atom. The molecular formula is C13H15N3O. The van der Waals surface area contributed by atoms with E-state index >= 15 is 0 Å². The quantitative estimate of drug-likeness (QED) is 0.847. The number of amides is 1. The number of aromatic amines is 1. The van der Waals surface area contributed by atoms with Gasteiger partial charge in [-0.05, 0) is 24.6 Å². The van der Waals surface area contributed by atoms with Crippen LogP contribution in [0.2, 0.25) is 0 Å². The Balaban J connectivity index is 2.15. The molecule has 1 amide bonds. The second-order valence-electron chi connectivity index (χ2n) is 3.85. The Morgan fingerprint density at radius 2 is 2.29 bits per heavy atom. The fourth-order valence-electron chi connectivity index (χ4n) is 1.63. The van der Waals surface area contributed by atoms with Crippen molar-refractivity contribution in [3.63, 3.8) is 0 Å². The van der Waals surface area contributed by atoms with Gasteiger partial charge in [-0.1, -0.05) is 19.1 Å². The van der Waals surface area contributed by atoms with Gasteiger partial charge >= 0.3 is 0 Å². The fraction of sp³-hybridized carbons (Fsp3) is 0.231. The van der Waals surface area contributed by atoms with Gasteiger partial charge in [0.15, 0.2) is 0 Å². The van der Waals surface area contributed by atoms with Gasteiger partial charge in [0, 0.05) is 23.9 Å². The first-order chi connectivity index (χ1) is 8.29. The predicted molar refractivity (Wildman–Crippen MR) is 67.6 cm³/mol. The van der Waals surface area contributed by atoms with Crippen molar-refractivity contribution >= 4 is 11.6 Å². The van der Waals surface area contributed by atoms with Crippen molar-refractivity contribution in [2.45, 2.75) is 19.8 Å². The highest BCUT2D eigenvalue weighted by atomic mass is 16.1. The van der Waals surface area contributed by atoms with Crippen molar-refractivity contribution in [1.82, 2.24) is 10.2 Å². The first kappa shape index (κ1) is 11.4. The average Bonchev–Trinajstić information content (AvgIpc) is 2.83. The van der Waals surface area contributed by atoms with Gasteiger partial charge in [-0.3, -0.25) is 9.89 Å². The zero-order chi connectivity index (χ0) is 12.1. The minimum absolute atomic E-state index is 0.0502. The normalized spacial score (nSPS) is 10.2. The van der Waals surface area contributed by atoms with Crippen molar-refractivity contribution in [3.05, 3.63) is 36.5 Å². The van der Waals surface area contributed by atoms with Crippen LogP contribution in [0.5, 0.6) is 0 Å². The lowest BCUT2D eigenvalue weighted by atomic mass is 10.1. The van der Waals surface area contributed by atoms with Crippen LogP contribution in [0.1, 0.15) is 19.8 Å². The second kappa shape index (κ2) is 5.30. The molecule has 88 valence electrons. The number of hydrogen-bond acceptors (Lipinski definition) is 2. The smallest absolute Gasteiger partial charge is 0.224 e. The third kappa shape index (κ3) is 2.93. The number of hydrogen-bond donors (Lipinski definition) is 2. The van der Waals surface area contributed by atoms with E-state index in [0.29, 0.717) is 6.42 Å². The lowest BCUT2D eigenvalue weighted by Gasteiger charge is -2.05. The number of carbonyl (C=O) groups is 1. The zero-order valence-corrected chi connectivity index (χ0v) is 9.73. The van der Waals surface area contributed by atoms with E-state index in [4.69, 9.17) is 0 Å². The molecule has 0 radical (unpaired) electrons. The van der Waals surface area contributed by atoms with Gasteiger partial charge in [-0.15, -0.1) is 0 Å². The van der Waals surface area contributed by atoms with Crippen molar-refractivity contribution in [1.29, 1.82) is 0 Å². The SMILES string of the molecule is CCCC(=O)Nc1cccc(-c2ccn[nH]2)c1. The van der Waals surface area contributed by atoms with Crippen LogP contribution < -0.4 is 5.32 Å². The molecule has 0 atom stereocenters. The van der Waals surface area contributed by atoms with Crippen LogP contribution in [-0.2, 0) is 4.79 Å². The molecule has 4 heteroatoms. The fourth-order valence-corrected chi connectivity index (χ4v) is 1.63. The second-order valence-corrected chi connectivity index (χ2v) is 3.85. The van der Waals surface area contributed by atoms with Crippen LogP contribution >= 0.6 is 0 Å². The standard InChI is InChI=1S/C13H15N3O/c1-2-4-13(17)15-11-6-3-5-10(9-11)12-7-8-14-16-12/h3,5-9H,2,4H2,1H3,(H,14,16)(H,15,17). The summed E-state index contributed by atoms with van der Waals surface area (Å²) in [5, 5.41) is 9.67. The molecule has 2 rings (SSSR count). The summed E-state index contributed by atoms with van der Waals surface area (Å²) in [6.45, 7) is 1.99. The number of H-pyrrole nitrogens is 1. The number of benzene rings is 1. The van der Waals surface area contributed by atoms with E-state index in [0.717, 1.165) is 23.4 Å². The highest BCUT2D eigenvalue weighted by molar-refractivity contribution is 5.91. The van der Waals surface area contributed by atoms with E-state index in [1.807, 2.05) is 37.3 Å². The lowest BCUT2D eigenvalue weighted by Crippen LogP contribution is -2.10. The van der Waals surface area contributed by atoms with Crippen LogP contribution in [0.25, 0.3) is 11.3 Å². The molecule has 1 aromatic heterocycles. The van der Waals surface area contributed by atoms with Gasteiger partial charge in [0.1, 0.15) is 0 Å². The van der Waals surface area contributed by atoms with E-state index in [1.165, 1.54) is 0 Å². The molecule has 17 heavy (non-hydrogen) atoms. The Morgan fingerprint density at radius 1 is 1.41 bits per heavy atom. The van der Waals surface area contributed by atoms with Crippen molar-refractivity contribution in [2.75, 3.05) is 5.32 Å². The number of anilines is 1. The van der Waals surface area contributed by atoms with Crippen LogP contribution in [0.15, 0.2) is 36.5 Å². The maximum atomic E-state index is 11.5. The molecule has 2 aromatic rings. The van der Waals surface area contributed by atoms with Crippen LogP contribution in [0.4, 0.5) is 5.69 Å². The summed E-state index contributed by atoms with van der Waals surface area (Å²) in [5.41, 5.74) is 2.77. The summed E-state index contributed by atoms with van der Waals surface area (Å²) in [6, 6.07) is 9.60. The van der Waals surface area contributed by atoms with E-state index < -0.39 is 0 Å². The highest BCUT2D eigenvalue weighted by Crippen LogP contribution is 2.20. The monoisotopic (exact) mass is 229 g/mol. The maximum Gasteiger partial charge on any atom is 0.224 e. The van der Waals surface area contributed by atoms with Gasteiger partial charge in [0.2, 0.25) is 5.91 Å². The minimum Gasteiger partial charge on any atom is -0.326 e. The molecule has 0 saturated heterocycles. The third-order valence-electron chi connectivity index (χ3n) is 2.44. The summed E-state index contributed by atoms with van der Waals surface area (Å²) < 4.78 is 0. The average molecular weight is 229 g/mol. The molecule has 1 heterocycles. The molecular weight excluding hydrogens is 214 g/mol. The van der Waals surface area contributed by atoms with Gasteiger partial charge < -0.3 is 5.32 Å². The molecule has 1 aromatic carbocycles. The molecule has 2 N–H and O–H groups in total. The molecule has 0 unspecified atom stereocenters. The predicted octanol–water partition coefficient (Wildman–Crippen LogP) is 2.82. The van der Waals surface area contributed by atoms with E-state index in [2.05, 4.69) is 15.5 Å². The Bertz CT molecular complexity index is 491. The third-order valence-corrected chi connectivity index (χ3v) is 2.44. The number of rotatable bonds is 4. The Hall–Kier alpha value is -2.10. The Labute approximate surface area is 100 Å². The number of nitrogens with zero attached hydrogens (tertiary/aromatic N) is 1. The maximum absolute atomic E-state index is 11.5.